The Morgan fingerprint density at radius 3 is 2.33 bits per heavy atom. The molecule has 7 nitrogen and oxygen atoms in total. The van der Waals surface area contributed by atoms with Gasteiger partial charge in [0, 0.05) is 13.1 Å². The molecular formula is C16H22N4O3S. The van der Waals surface area contributed by atoms with Crippen LogP contribution in [-0.2, 0) is 10.0 Å². The zero-order valence-corrected chi connectivity index (χ0v) is 15.3. The van der Waals surface area contributed by atoms with Crippen molar-refractivity contribution in [3.63, 3.8) is 0 Å². The van der Waals surface area contributed by atoms with Crippen LogP contribution in [0.3, 0.4) is 0 Å². The van der Waals surface area contributed by atoms with E-state index in [2.05, 4.69) is 5.10 Å². The van der Waals surface area contributed by atoms with Crippen LogP contribution in [0.1, 0.15) is 41.6 Å². The number of nitrogens with zero attached hydrogens (tertiary/aromatic N) is 3. The highest BCUT2D eigenvalue weighted by molar-refractivity contribution is 7.92. The predicted octanol–water partition coefficient (Wildman–Crippen LogP) is 2.00. The summed E-state index contributed by atoms with van der Waals surface area (Å²) in [7, 11) is -2.47. The summed E-state index contributed by atoms with van der Waals surface area (Å²) in [6, 6.07) is 6.38. The predicted molar refractivity (Wildman–Crippen MR) is 92.6 cm³/mol. The highest BCUT2D eigenvalue weighted by Crippen LogP contribution is 2.29. The van der Waals surface area contributed by atoms with Crippen LogP contribution in [0, 0.1) is 13.8 Å². The fraction of sp³-hybridized carbons (Fsp3) is 0.375. The first-order valence-electron chi connectivity index (χ1n) is 7.52. The lowest BCUT2D eigenvalue weighted by molar-refractivity contribution is 0.100. The van der Waals surface area contributed by atoms with Crippen LogP contribution in [0.4, 0.5) is 5.69 Å². The highest BCUT2D eigenvalue weighted by Gasteiger charge is 2.31. The van der Waals surface area contributed by atoms with E-state index in [0.29, 0.717) is 11.4 Å². The minimum atomic E-state index is -3.88. The Hall–Kier alpha value is -2.35. The number of amides is 1. The standard InChI is InChI=1S/C16H22N4O3S/c1-10(2)20-12(4)15(11(3)18-20)24(22,23)19(5)14-9-7-6-8-13(14)16(17)21/h6-10H,1-5H3,(H2,17,21). The third kappa shape index (κ3) is 2.89. The first kappa shape index (κ1) is 18.0. The summed E-state index contributed by atoms with van der Waals surface area (Å²) in [5.74, 6) is -0.682. The van der Waals surface area contributed by atoms with Gasteiger partial charge in [0.15, 0.2) is 0 Å². The van der Waals surface area contributed by atoms with E-state index in [1.165, 1.54) is 13.1 Å². The molecule has 24 heavy (non-hydrogen) atoms. The van der Waals surface area contributed by atoms with Crippen molar-refractivity contribution in [1.29, 1.82) is 0 Å². The van der Waals surface area contributed by atoms with Gasteiger partial charge in [-0.25, -0.2) is 8.42 Å². The Morgan fingerprint density at radius 1 is 1.25 bits per heavy atom. The van der Waals surface area contributed by atoms with Crippen molar-refractivity contribution in [1.82, 2.24) is 9.78 Å². The summed E-state index contributed by atoms with van der Waals surface area (Å²) in [4.78, 5) is 11.8. The van der Waals surface area contributed by atoms with E-state index in [1.807, 2.05) is 13.8 Å². The Bertz CT molecular complexity index is 885. The van der Waals surface area contributed by atoms with E-state index in [9.17, 15) is 13.2 Å². The molecule has 8 heteroatoms. The van der Waals surface area contributed by atoms with Crippen molar-refractivity contribution in [2.24, 2.45) is 5.73 Å². The number of aryl methyl sites for hydroxylation is 1. The Balaban J connectivity index is 2.63. The van der Waals surface area contributed by atoms with Crippen LogP contribution >= 0.6 is 0 Å². The van der Waals surface area contributed by atoms with Gasteiger partial charge in [0.1, 0.15) is 4.90 Å². The van der Waals surface area contributed by atoms with Gasteiger partial charge in [-0.3, -0.25) is 13.8 Å². The third-order valence-electron chi connectivity index (χ3n) is 3.87. The van der Waals surface area contributed by atoms with Crippen LogP contribution in [0.25, 0.3) is 0 Å². The number of hydrogen-bond donors (Lipinski definition) is 1. The quantitative estimate of drug-likeness (QED) is 0.891. The minimum Gasteiger partial charge on any atom is -0.366 e. The van der Waals surface area contributed by atoms with Crippen molar-refractivity contribution in [2.45, 2.75) is 38.6 Å². The molecule has 0 saturated heterocycles. The normalized spacial score (nSPS) is 11.8. The molecule has 0 aliphatic heterocycles. The van der Waals surface area contributed by atoms with E-state index in [0.717, 1.165) is 4.31 Å². The largest absolute Gasteiger partial charge is 0.366 e. The second kappa shape index (κ2) is 6.27. The van der Waals surface area contributed by atoms with Gasteiger partial charge in [-0.1, -0.05) is 12.1 Å². The monoisotopic (exact) mass is 350 g/mol. The smallest absolute Gasteiger partial charge is 0.267 e. The first-order valence-corrected chi connectivity index (χ1v) is 8.96. The number of rotatable bonds is 5. The number of primary amides is 1. The van der Waals surface area contributed by atoms with Crippen molar-refractivity contribution >= 4 is 21.6 Å². The van der Waals surface area contributed by atoms with E-state index < -0.39 is 15.9 Å². The van der Waals surface area contributed by atoms with Crippen molar-refractivity contribution in [3.8, 4) is 0 Å². The van der Waals surface area contributed by atoms with Gasteiger partial charge in [0.25, 0.3) is 15.9 Å². The average Bonchev–Trinajstić information content (AvgIpc) is 2.81. The Kier molecular flexibility index (Phi) is 4.70. The topological polar surface area (TPSA) is 98.3 Å². The lowest BCUT2D eigenvalue weighted by Crippen LogP contribution is -2.30. The van der Waals surface area contributed by atoms with Gasteiger partial charge in [-0.15, -0.1) is 0 Å². The van der Waals surface area contributed by atoms with Crippen molar-refractivity contribution < 1.29 is 13.2 Å². The molecule has 0 bridgehead atoms. The number of sulfonamides is 1. The molecule has 1 aromatic heterocycles. The summed E-state index contributed by atoms with van der Waals surface area (Å²) in [5.41, 5.74) is 6.73. The number of hydrogen-bond acceptors (Lipinski definition) is 4. The molecule has 0 aliphatic carbocycles. The van der Waals surface area contributed by atoms with Gasteiger partial charge in [-0.05, 0) is 39.8 Å². The van der Waals surface area contributed by atoms with Crippen LogP contribution < -0.4 is 10.0 Å². The number of carbonyl (C=O) groups excluding carboxylic acids is 1. The average molecular weight is 350 g/mol. The molecule has 2 rings (SSSR count). The second-order valence-corrected chi connectivity index (χ2v) is 7.80. The van der Waals surface area contributed by atoms with E-state index in [-0.39, 0.29) is 22.2 Å². The molecule has 0 saturated carbocycles. The third-order valence-corrected chi connectivity index (χ3v) is 5.90. The zero-order chi connectivity index (χ0) is 18.2. The maximum Gasteiger partial charge on any atom is 0.267 e. The molecule has 0 unspecified atom stereocenters. The molecule has 1 heterocycles. The second-order valence-electron chi connectivity index (χ2n) is 5.89. The zero-order valence-electron chi connectivity index (χ0n) is 14.4. The number of carbonyl (C=O) groups is 1. The summed E-state index contributed by atoms with van der Waals surface area (Å²) >= 11 is 0. The summed E-state index contributed by atoms with van der Waals surface area (Å²) < 4.78 is 29.0. The SMILES string of the molecule is Cc1nn(C(C)C)c(C)c1S(=O)(=O)N(C)c1ccccc1C(N)=O. The van der Waals surface area contributed by atoms with E-state index in [4.69, 9.17) is 5.73 Å². The van der Waals surface area contributed by atoms with Crippen LogP contribution in [0.15, 0.2) is 29.2 Å². The van der Waals surface area contributed by atoms with Gasteiger partial charge < -0.3 is 5.73 Å². The molecular weight excluding hydrogens is 328 g/mol. The summed E-state index contributed by atoms with van der Waals surface area (Å²) in [6.45, 7) is 7.25. The molecule has 0 radical (unpaired) electrons. The number of para-hydroxylation sites is 1. The molecule has 1 aromatic carbocycles. The van der Waals surface area contributed by atoms with Gasteiger partial charge >= 0.3 is 0 Å². The number of anilines is 1. The molecule has 2 N–H and O–H groups in total. The fourth-order valence-electron chi connectivity index (χ4n) is 2.75. The highest BCUT2D eigenvalue weighted by atomic mass is 32.2. The molecule has 130 valence electrons. The number of benzene rings is 1. The maximum absolute atomic E-state index is 13.1. The Labute approximate surface area is 142 Å². The van der Waals surface area contributed by atoms with E-state index >= 15 is 0 Å². The van der Waals surface area contributed by atoms with Gasteiger partial charge in [0.05, 0.1) is 22.6 Å². The fourth-order valence-corrected chi connectivity index (χ4v) is 4.32. The Morgan fingerprint density at radius 2 is 1.83 bits per heavy atom. The van der Waals surface area contributed by atoms with Crippen molar-refractivity contribution in [2.75, 3.05) is 11.4 Å². The maximum atomic E-state index is 13.1. The lowest BCUT2D eigenvalue weighted by Gasteiger charge is -2.21. The molecule has 1 amide bonds. The van der Waals surface area contributed by atoms with Gasteiger partial charge in [-0.2, -0.15) is 5.10 Å². The molecule has 0 aliphatic rings. The number of aromatic nitrogens is 2. The lowest BCUT2D eigenvalue weighted by atomic mass is 10.2. The van der Waals surface area contributed by atoms with E-state index in [1.54, 1.807) is 36.7 Å². The molecule has 2 aromatic rings. The molecule has 0 fully saturated rings. The first-order chi connectivity index (χ1) is 11.1. The van der Waals surface area contributed by atoms with Crippen LogP contribution in [0.2, 0.25) is 0 Å². The summed E-state index contributed by atoms with van der Waals surface area (Å²) in [5, 5.41) is 4.33. The van der Waals surface area contributed by atoms with Crippen LogP contribution in [0.5, 0.6) is 0 Å². The molecule has 0 spiro atoms. The van der Waals surface area contributed by atoms with Gasteiger partial charge in [0.2, 0.25) is 0 Å². The van der Waals surface area contributed by atoms with Crippen LogP contribution in [-0.4, -0.2) is 31.2 Å². The molecule has 0 atom stereocenters. The minimum absolute atomic E-state index is 0.0378. The number of nitrogens with two attached hydrogens (primary N) is 1. The summed E-state index contributed by atoms with van der Waals surface area (Å²) in [6.07, 6.45) is 0. The van der Waals surface area contributed by atoms with Crippen molar-refractivity contribution in [3.05, 3.63) is 41.2 Å².